The summed E-state index contributed by atoms with van der Waals surface area (Å²) in [6.07, 6.45) is 23.5. The first-order chi connectivity index (χ1) is 14.9. The van der Waals surface area contributed by atoms with E-state index in [0.29, 0.717) is 22.8 Å². The van der Waals surface area contributed by atoms with Crippen LogP contribution in [-0.4, -0.2) is 23.9 Å². The standard InChI is InChI=1S/C29H51NO/c1-5-6-7-8-9-10-11-12-13-22-14-16-24-23-15-17-26-29(3,21-19-27(31)30(26)4)25(23)18-20-28(22,24)2/h22-26H,5-21H2,1-4H3/t22-,23?,24?,25?,26?,28?,29?/m0/s1. The Morgan fingerprint density at radius 2 is 1.48 bits per heavy atom. The fraction of sp³-hybridized carbons (Fsp3) is 0.966. The number of amides is 1. The van der Waals surface area contributed by atoms with Crippen molar-refractivity contribution in [3.8, 4) is 0 Å². The van der Waals surface area contributed by atoms with Crippen LogP contribution in [0.15, 0.2) is 0 Å². The first kappa shape index (κ1) is 23.6. The number of hydrogen-bond donors (Lipinski definition) is 0. The van der Waals surface area contributed by atoms with Gasteiger partial charge in [0.1, 0.15) is 0 Å². The first-order valence-corrected chi connectivity index (χ1v) is 14.2. The molecule has 0 aromatic rings. The van der Waals surface area contributed by atoms with Crippen molar-refractivity contribution >= 4 is 5.91 Å². The van der Waals surface area contributed by atoms with Crippen molar-refractivity contribution in [1.82, 2.24) is 4.90 Å². The molecule has 6 unspecified atom stereocenters. The van der Waals surface area contributed by atoms with Crippen molar-refractivity contribution < 1.29 is 4.79 Å². The van der Waals surface area contributed by atoms with Crippen LogP contribution in [0.25, 0.3) is 0 Å². The van der Waals surface area contributed by atoms with Crippen LogP contribution in [0.4, 0.5) is 0 Å². The zero-order chi connectivity index (χ0) is 22.1. The minimum atomic E-state index is 0.378. The highest BCUT2D eigenvalue weighted by atomic mass is 16.2. The SMILES string of the molecule is CCCCCCCCCC[C@H]1CCC2C3CCC4N(C)C(=O)CCC4(C)C3CCC21C. The number of likely N-dealkylation sites (tertiary alicyclic amines) is 1. The molecule has 7 atom stereocenters. The van der Waals surface area contributed by atoms with E-state index in [1.54, 1.807) is 0 Å². The largest absolute Gasteiger partial charge is 0.342 e. The molecular weight excluding hydrogens is 378 g/mol. The van der Waals surface area contributed by atoms with E-state index in [2.05, 4.69) is 32.7 Å². The Balaban J connectivity index is 1.31. The van der Waals surface area contributed by atoms with Crippen molar-refractivity contribution in [2.75, 3.05) is 7.05 Å². The molecule has 0 aromatic carbocycles. The van der Waals surface area contributed by atoms with Gasteiger partial charge in [-0.1, -0.05) is 72.1 Å². The number of fused-ring (bicyclic) bond motifs is 5. The predicted octanol–water partition coefficient (Wildman–Crippen LogP) is 8.00. The maximum Gasteiger partial charge on any atom is 0.222 e. The summed E-state index contributed by atoms with van der Waals surface area (Å²) in [5.41, 5.74) is 0.991. The average Bonchev–Trinajstić information content (AvgIpc) is 3.09. The Morgan fingerprint density at radius 3 is 2.23 bits per heavy atom. The Morgan fingerprint density at radius 1 is 0.806 bits per heavy atom. The van der Waals surface area contributed by atoms with Crippen molar-refractivity contribution in [2.45, 2.75) is 136 Å². The molecule has 4 aliphatic rings. The molecule has 4 fully saturated rings. The van der Waals surface area contributed by atoms with Crippen LogP contribution in [0.5, 0.6) is 0 Å². The quantitative estimate of drug-likeness (QED) is 0.340. The second-order valence-electron chi connectivity index (χ2n) is 12.6. The number of carbonyl (C=O) groups is 1. The zero-order valence-corrected chi connectivity index (χ0v) is 21.3. The molecule has 3 saturated carbocycles. The molecule has 31 heavy (non-hydrogen) atoms. The van der Waals surface area contributed by atoms with Gasteiger partial charge in [0.25, 0.3) is 0 Å². The Kier molecular flexibility index (Phi) is 7.44. The molecular formula is C29H51NO. The van der Waals surface area contributed by atoms with Gasteiger partial charge >= 0.3 is 0 Å². The van der Waals surface area contributed by atoms with Gasteiger partial charge in [0.15, 0.2) is 0 Å². The van der Waals surface area contributed by atoms with Gasteiger partial charge < -0.3 is 4.90 Å². The molecule has 0 radical (unpaired) electrons. The van der Waals surface area contributed by atoms with Crippen LogP contribution < -0.4 is 0 Å². The highest BCUT2D eigenvalue weighted by Gasteiger charge is 2.60. The normalized spacial score (nSPS) is 42.3. The van der Waals surface area contributed by atoms with Gasteiger partial charge in [0.05, 0.1) is 0 Å². The Bertz CT molecular complexity index is 616. The number of nitrogens with zero attached hydrogens (tertiary/aromatic N) is 1. The molecule has 3 aliphatic carbocycles. The van der Waals surface area contributed by atoms with Gasteiger partial charge in [-0.2, -0.15) is 0 Å². The van der Waals surface area contributed by atoms with Crippen LogP contribution in [-0.2, 0) is 4.79 Å². The lowest BCUT2D eigenvalue weighted by Gasteiger charge is -2.62. The highest BCUT2D eigenvalue weighted by Crippen LogP contribution is 2.66. The maximum atomic E-state index is 12.4. The van der Waals surface area contributed by atoms with E-state index in [4.69, 9.17) is 0 Å². The summed E-state index contributed by atoms with van der Waals surface area (Å²) in [5, 5.41) is 0. The predicted molar refractivity (Wildman–Crippen MR) is 131 cm³/mol. The lowest BCUT2D eigenvalue weighted by molar-refractivity contribution is -0.158. The third-order valence-corrected chi connectivity index (χ3v) is 11.2. The van der Waals surface area contributed by atoms with E-state index in [-0.39, 0.29) is 0 Å². The van der Waals surface area contributed by atoms with E-state index < -0.39 is 0 Å². The van der Waals surface area contributed by atoms with Crippen LogP contribution in [0.3, 0.4) is 0 Å². The zero-order valence-electron chi connectivity index (χ0n) is 21.3. The summed E-state index contributed by atoms with van der Waals surface area (Å²) in [4.78, 5) is 14.5. The van der Waals surface area contributed by atoms with Crippen LogP contribution in [0.1, 0.15) is 130 Å². The second-order valence-corrected chi connectivity index (χ2v) is 12.6. The summed E-state index contributed by atoms with van der Waals surface area (Å²) in [6.45, 7) is 7.57. The van der Waals surface area contributed by atoms with Crippen LogP contribution >= 0.6 is 0 Å². The maximum absolute atomic E-state index is 12.4. The summed E-state index contributed by atoms with van der Waals surface area (Å²) in [5.74, 6) is 4.14. The first-order valence-electron chi connectivity index (χ1n) is 14.2. The minimum Gasteiger partial charge on any atom is -0.342 e. The smallest absolute Gasteiger partial charge is 0.222 e. The molecule has 1 heterocycles. The minimum absolute atomic E-state index is 0.378. The van der Waals surface area contributed by atoms with E-state index >= 15 is 0 Å². The van der Waals surface area contributed by atoms with E-state index in [1.165, 1.54) is 96.3 Å². The fourth-order valence-corrected chi connectivity index (χ4v) is 9.26. The molecule has 4 rings (SSSR count). The third-order valence-electron chi connectivity index (χ3n) is 11.2. The molecule has 1 saturated heterocycles. The van der Waals surface area contributed by atoms with Gasteiger partial charge in [-0.3, -0.25) is 4.79 Å². The Labute approximate surface area is 193 Å². The van der Waals surface area contributed by atoms with Gasteiger partial charge in [-0.05, 0) is 85.9 Å². The number of unbranched alkanes of at least 4 members (excludes halogenated alkanes) is 7. The Hall–Kier alpha value is -0.530. The van der Waals surface area contributed by atoms with Crippen molar-refractivity contribution in [2.24, 2.45) is 34.5 Å². The average molecular weight is 430 g/mol. The molecule has 0 aromatic heterocycles. The highest BCUT2D eigenvalue weighted by molar-refractivity contribution is 5.77. The summed E-state index contributed by atoms with van der Waals surface area (Å²) in [7, 11) is 2.09. The molecule has 2 heteroatoms. The number of carbonyl (C=O) groups excluding carboxylic acids is 1. The molecule has 178 valence electrons. The number of piperidine rings is 1. The monoisotopic (exact) mass is 429 g/mol. The van der Waals surface area contributed by atoms with Crippen molar-refractivity contribution in [1.29, 1.82) is 0 Å². The lowest BCUT2D eigenvalue weighted by Crippen LogP contribution is -2.61. The number of rotatable bonds is 9. The van der Waals surface area contributed by atoms with Crippen LogP contribution in [0, 0.1) is 34.5 Å². The summed E-state index contributed by atoms with van der Waals surface area (Å²) in [6, 6.07) is 0.508. The van der Waals surface area contributed by atoms with E-state index in [9.17, 15) is 4.79 Å². The molecule has 0 bridgehead atoms. The van der Waals surface area contributed by atoms with E-state index in [1.807, 2.05) is 0 Å². The molecule has 0 N–H and O–H groups in total. The molecule has 1 aliphatic heterocycles. The van der Waals surface area contributed by atoms with Gasteiger partial charge in [0.2, 0.25) is 5.91 Å². The molecule has 2 nitrogen and oxygen atoms in total. The van der Waals surface area contributed by atoms with Crippen molar-refractivity contribution in [3.63, 3.8) is 0 Å². The van der Waals surface area contributed by atoms with Gasteiger partial charge in [-0.15, -0.1) is 0 Å². The third kappa shape index (κ3) is 4.35. The molecule has 1 amide bonds. The molecule has 0 spiro atoms. The summed E-state index contributed by atoms with van der Waals surface area (Å²) < 4.78 is 0. The van der Waals surface area contributed by atoms with Crippen molar-refractivity contribution in [3.05, 3.63) is 0 Å². The van der Waals surface area contributed by atoms with E-state index in [0.717, 1.165) is 36.5 Å². The number of hydrogen-bond acceptors (Lipinski definition) is 1. The van der Waals surface area contributed by atoms with Gasteiger partial charge in [0, 0.05) is 19.5 Å². The second kappa shape index (κ2) is 9.76. The van der Waals surface area contributed by atoms with Crippen LogP contribution in [0.2, 0.25) is 0 Å². The topological polar surface area (TPSA) is 20.3 Å². The van der Waals surface area contributed by atoms with Gasteiger partial charge in [-0.25, -0.2) is 0 Å². The fourth-order valence-electron chi connectivity index (χ4n) is 9.26. The summed E-state index contributed by atoms with van der Waals surface area (Å²) >= 11 is 0. The lowest BCUT2D eigenvalue weighted by atomic mass is 9.46.